The minimum absolute atomic E-state index is 0.0000926. The lowest BCUT2D eigenvalue weighted by Gasteiger charge is -2.16. The van der Waals surface area contributed by atoms with E-state index in [1.165, 1.54) is 0 Å². The molecule has 1 amide bonds. The highest BCUT2D eigenvalue weighted by molar-refractivity contribution is 5.94. The number of benzene rings is 1. The van der Waals surface area contributed by atoms with Crippen LogP contribution in [-0.2, 0) is 13.1 Å². The first-order valence-electron chi connectivity index (χ1n) is 5.87. The van der Waals surface area contributed by atoms with Gasteiger partial charge in [-0.1, -0.05) is 12.1 Å². The number of rotatable bonds is 4. The predicted octanol–water partition coefficient (Wildman–Crippen LogP) is 1.75. The zero-order chi connectivity index (χ0) is 13.0. The van der Waals surface area contributed by atoms with Gasteiger partial charge in [0.1, 0.15) is 0 Å². The van der Waals surface area contributed by atoms with Crippen LogP contribution in [0.4, 0.5) is 0 Å². The molecular weight excluding hydrogens is 226 g/mol. The van der Waals surface area contributed by atoms with Gasteiger partial charge in [0.05, 0.1) is 6.54 Å². The van der Waals surface area contributed by atoms with Crippen LogP contribution in [0.1, 0.15) is 21.6 Å². The van der Waals surface area contributed by atoms with Crippen LogP contribution < -0.4 is 5.73 Å². The molecule has 2 aromatic rings. The van der Waals surface area contributed by atoms with Crippen molar-refractivity contribution >= 4 is 5.91 Å². The van der Waals surface area contributed by atoms with Crippen LogP contribution in [0, 0.1) is 0 Å². The number of nitrogens with two attached hydrogens (primary N) is 1. The summed E-state index contributed by atoms with van der Waals surface area (Å²) in [5.41, 5.74) is 8.23. The minimum atomic E-state index is -0.0000926. The standard InChI is InChI=1S/C14H17N3O/c1-17(10-13-6-3-7-16-13)14(18)12-5-2-4-11(8-12)9-15/h2-8,16H,9-10,15H2,1H3. The van der Waals surface area contributed by atoms with Crippen LogP contribution in [-0.4, -0.2) is 22.8 Å². The molecule has 0 atom stereocenters. The van der Waals surface area contributed by atoms with Crippen LogP contribution in [0.15, 0.2) is 42.6 Å². The SMILES string of the molecule is CN(Cc1ccc[nH]1)C(=O)c1cccc(CN)c1. The largest absolute Gasteiger partial charge is 0.364 e. The highest BCUT2D eigenvalue weighted by Crippen LogP contribution is 2.09. The highest BCUT2D eigenvalue weighted by atomic mass is 16.2. The van der Waals surface area contributed by atoms with Gasteiger partial charge in [-0.25, -0.2) is 0 Å². The second kappa shape index (κ2) is 5.51. The third-order valence-electron chi connectivity index (χ3n) is 2.83. The second-order valence-electron chi connectivity index (χ2n) is 4.26. The molecule has 1 aromatic carbocycles. The lowest BCUT2D eigenvalue weighted by Crippen LogP contribution is -2.26. The maximum Gasteiger partial charge on any atom is 0.253 e. The van der Waals surface area contributed by atoms with E-state index in [0.717, 1.165) is 11.3 Å². The molecule has 0 saturated carbocycles. The van der Waals surface area contributed by atoms with E-state index < -0.39 is 0 Å². The average molecular weight is 243 g/mol. The lowest BCUT2D eigenvalue weighted by molar-refractivity contribution is 0.0783. The van der Waals surface area contributed by atoms with Crippen molar-refractivity contribution < 1.29 is 4.79 Å². The summed E-state index contributed by atoms with van der Waals surface area (Å²) in [6, 6.07) is 11.3. The van der Waals surface area contributed by atoms with Crippen LogP contribution in [0.2, 0.25) is 0 Å². The van der Waals surface area contributed by atoms with Gasteiger partial charge in [0, 0.05) is 31.0 Å². The number of aromatic nitrogens is 1. The van der Waals surface area contributed by atoms with Crippen molar-refractivity contribution in [1.29, 1.82) is 0 Å². The Hall–Kier alpha value is -2.07. The van der Waals surface area contributed by atoms with Crippen LogP contribution in [0.5, 0.6) is 0 Å². The van der Waals surface area contributed by atoms with Crippen LogP contribution in [0.3, 0.4) is 0 Å². The average Bonchev–Trinajstić information content (AvgIpc) is 2.90. The number of amides is 1. The first-order valence-corrected chi connectivity index (χ1v) is 5.87. The molecule has 3 N–H and O–H groups in total. The van der Waals surface area contributed by atoms with E-state index in [-0.39, 0.29) is 5.91 Å². The number of carbonyl (C=O) groups is 1. The molecule has 0 aliphatic rings. The van der Waals surface area contributed by atoms with Crippen molar-refractivity contribution in [1.82, 2.24) is 9.88 Å². The summed E-state index contributed by atoms with van der Waals surface area (Å²) in [6.07, 6.45) is 1.85. The molecule has 94 valence electrons. The second-order valence-corrected chi connectivity index (χ2v) is 4.26. The molecule has 0 unspecified atom stereocenters. The van der Waals surface area contributed by atoms with Gasteiger partial charge in [-0.3, -0.25) is 4.79 Å². The third kappa shape index (κ3) is 2.78. The highest BCUT2D eigenvalue weighted by Gasteiger charge is 2.12. The van der Waals surface area contributed by atoms with Gasteiger partial charge in [0.25, 0.3) is 5.91 Å². The number of nitrogens with zero attached hydrogens (tertiary/aromatic N) is 1. The molecule has 4 nitrogen and oxygen atoms in total. The summed E-state index contributed by atoms with van der Waals surface area (Å²) in [5, 5.41) is 0. The number of nitrogens with one attached hydrogen (secondary N) is 1. The van der Waals surface area contributed by atoms with Gasteiger partial charge < -0.3 is 15.6 Å². The maximum absolute atomic E-state index is 12.2. The number of H-pyrrole nitrogens is 1. The molecule has 1 aromatic heterocycles. The molecule has 4 heteroatoms. The fraction of sp³-hybridized carbons (Fsp3) is 0.214. The van der Waals surface area contributed by atoms with Crippen molar-refractivity contribution in [3.05, 3.63) is 59.4 Å². The van der Waals surface area contributed by atoms with Crippen LogP contribution >= 0.6 is 0 Å². The van der Waals surface area contributed by atoms with Crippen molar-refractivity contribution in [2.75, 3.05) is 7.05 Å². The smallest absolute Gasteiger partial charge is 0.253 e. The van der Waals surface area contributed by atoms with Crippen molar-refractivity contribution in [2.24, 2.45) is 5.73 Å². The van der Waals surface area contributed by atoms with Gasteiger partial charge in [-0.15, -0.1) is 0 Å². The first kappa shape index (κ1) is 12.4. The van der Waals surface area contributed by atoms with E-state index in [2.05, 4.69) is 4.98 Å². The zero-order valence-corrected chi connectivity index (χ0v) is 10.4. The van der Waals surface area contributed by atoms with Gasteiger partial charge in [0.2, 0.25) is 0 Å². The van der Waals surface area contributed by atoms with Gasteiger partial charge in [-0.2, -0.15) is 0 Å². The first-order chi connectivity index (χ1) is 8.70. The molecular formula is C14H17N3O. The normalized spacial score (nSPS) is 10.3. The van der Waals surface area contributed by atoms with Crippen molar-refractivity contribution in [2.45, 2.75) is 13.1 Å². The lowest BCUT2D eigenvalue weighted by atomic mass is 10.1. The van der Waals surface area contributed by atoms with E-state index in [4.69, 9.17) is 5.73 Å². The number of aromatic amines is 1. The summed E-state index contributed by atoms with van der Waals surface area (Å²) in [7, 11) is 1.79. The zero-order valence-electron chi connectivity index (χ0n) is 10.4. The van der Waals surface area contributed by atoms with E-state index in [1.807, 2.05) is 42.6 Å². The molecule has 0 aliphatic heterocycles. The molecule has 18 heavy (non-hydrogen) atoms. The Balaban J connectivity index is 2.10. The monoisotopic (exact) mass is 243 g/mol. The molecule has 0 bridgehead atoms. The Kier molecular flexibility index (Phi) is 3.79. The molecule has 2 rings (SSSR count). The Morgan fingerprint density at radius 3 is 2.83 bits per heavy atom. The maximum atomic E-state index is 12.2. The van der Waals surface area contributed by atoms with E-state index in [9.17, 15) is 4.79 Å². The minimum Gasteiger partial charge on any atom is -0.364 e. The van der Waals surface area contributed by atoms with Crippen molar-refractivity contribution in [3.8, 4) is 0 Å². The van der Waals surface area contributed by atoms with E-state index in [1.54, 1.807) is 11.9 Å². The molecule has 0 fully saturated rings. The fourth-order valence-electron chi connectivity index (χ4n) is 1.84. The molecule has 0 radical (unpaired) electrons. The molecule has 0 aliphatic carbocycles. The van der Waals surface area contributed by atoms with E-state index in [0.29, 0.717) is 18.7 Å². The van der Waals surface area contributed by atoms with Crippen LogP contribution in [0.25, 0.3) is 0 Å². The van der Waals surface area contributed by atoms with Gasteiger partial charge in [0.15, 0.2) is 0 Å². The van der Waals surface area contributed by atoms with Gasteiger partial charge >= 0.3 is 0 Å². The predicted molar refractivity (Wildman–Crippen MR) is 70.9 cm³/mol. The summed E-state index contributed by atoms with van der Waals surface area (Å²) in [6.45, 7) is 1.01. The Labute approximate surface area is 106 Å². The summed E-state index contributed by atoms with van der Waals surface area (Å²) in [4.78, 5) is 17.0. The number of hydrogen-bond acceptors (Lipinski definition) is 2. The Bertz CT molecular complexity index is 520. The number of carbonyl (C=O) groups excluding carboxylic acids is 1. The summed E-state index contributed by atoms with van der Waals surface area (Å²) < 4.78 is 0. The van der Waals surface area contributed by atoms with Gasteiger partial charge in [-0.05, 0) is 29.8 Å². The molecule has 0 spiro atoms. The van der Waals surface area contributed by atoms with Crippen molar-refractivity contribution in [3.63, 3.8) is 0 Å². The summed E-state index contributed by atoms with van der Waals surface area (Å²) >= 11 is 0. The van der Waals surface area contributed by atoms with E-state index >= 15 is 0 Å². The fourth-order valence-corrected chi connectivity index (χ4v) is 1.84. The molecule has 0 saturated heterocycles. The third-order valence-corrected chi connectivity index (χ3v) is 2.83. The quantitative estimate of drug-likeness (QED) is 0.859. The Morgan fingerprint density at radius 2 is 2.17 bits per heavy atom. The number of hydrogen-bond donors (Lipinski definition) is 2. The summed E-state index contributed by atoms with van der Waals surface area (Å²) in [5.74, 6) is -0.0000926. The molecule has 1 heterocycles. The Morgan fingerprint density at radius 1 is 1.33 bits per heavy atom. The topological polar surface area (TPSA) is 62.1 Å².